The van der Waals surface area contributed by atoms with E-state index in [1.54, 1.807) is 24.3 Å². The zero-order chi connectivity index (χ0) is 17.1. The van der Waals surface area contributed by atoms with Gasteiger partial charge >= 0.3 is 5.97 Å². The van der Waals surface area contributed by atoms with Crippen molar-refractivity contribution in [3.63, 3.8) is 0 Å². The van der Waals surface area contributed by atoms with Gasteiger partial charge in [-0.2, -0.15) is 0 Å². The SMILES string of the molecule is CC(N)C(=O)Oc1ccc2c(=O)c(Oc3ccccc3)coc2c1. The molecule has 6 nitrogen and oxygen atoms in total. The summed E-state index contributed by atoms with van der Waals surface area (Å²) < 4.78 is 16.1. The molecule has 1 atom stereocenters. The van der Waals surface area contributed by atoms with Crippen LogP contribution in [0.2, 0.25) is 0 Å². The summed E-state index contributed by atoms with van der Waals surface area (Å²) >= 11 is 0. The highest BCUT2D eigenvalue weighted by atomic mass is 16.5. The van der Waals surface area contributed by atoms with E-state index < -0.39 is 12.0 Å². The average Bonchev–Trinajstić information content (AvgIpc) is 2.58. The van der Waals surface area contributed by atoms with Crippen molar-refractivity contribution >= 4 is 16.9 Å². The lowest BCUT2D eigenvalue weighted by atomic mass is 10.2. The number of fused-ring (bicyclic) bond motifs is 1. The monoisotopic (exact) mass is 325 g/mol. The van der Waals surface area contributed by atoms with E-state index in [1.807, 2.05) is 6.07 Å². The molecular weight excluding hydrogens is 310 g/mol. The first-order chi connectivity index (χ1) is 11.5. The Bertz CT molecular complexity index is 931. The average molecular weight is 325 g/mol. The quantitative estimate of drug-likeness (QED) is 0.586. The van der Waals surface area contributed by atoms with E-state index in [2.05, 4.69) is 0 Å². The molecule has 0 spiro atoms. The number of carbonyl (C=O) groups is 1. The lowest BCUT2D eigenvalue weighted by molar-refractivity contribution is -0.135. The van der Waals surface area contributed by atoms with Crippen molar-refractivity contribution in [2.24, 2.45) is 5.73 Å². The minimum Gasteiger partial charge on any atom is -0.460 e. The number of para-hydroxylation sites is 1. The fourth-order valence-electron chi connectivity index (χ4n) is 2.05. The molecule has 3 rings (SSSR count). The Hall–Kier alpha value is -3.12. The smallest absolute Gasteiger partial charge is 0.328 e. The first-order valence-corrected chi connectivity index (χ1v) is 7.30. The van der Waals surface area contributed by atoms with Crippen LogP contribution in [0.3, 0.4) is 0 Å². The predicted octanol–water partition coefficient (Wildman–Crippen LogP) is 2.84. The second kappa shape index (κ2) is 6.55. The molecule has 0 aliphatic heterocycles. The number of rotatable bonds is 4. The van der Waals surface area contributed by atoms with Crippen molar-refractivity contribution in [2.45, 2.75) is 13.0 Å². The summed E-state index contributed by atoms with van der Waals surface area (Å²) in [5, 5.41) is 0.323. The van der Waals surface area contributed by atoms with Gasteiger partial charge in [0.15, 0.2) is 0 Å². The van der Waals surface area contributed by atoms with Gasteiger partial charge in [-0.15, -0.1) is 0 Å². The van der Waals surface area contributed by atoms with Crippen molar-refractivity contribution in [3.05, 3.63) is 65.0 Å². The highest BCUT2D eigenvalue weighted by Crippen LogP contribution is 2.24. The molecule has 0 bridgehead atoms. The van der Waals surface area contributed by atoms with Gasteiger partial charge in [0.25, 0.3) is 0 Å². The maximum Gasteiger partial charge on any atom is 0.328 e. The van der Waals surface area contributed by atoms with Crippen LogP contribution < -0.4 is 20.6 Å². The van der Waals surface area contributed by atoms with E-state index in [0.717, 1.165) is 0 Å². The highest BCUT2D eigenvalue weighted by molar-refractivity contribution is 5.82. The molecule has 24 heavy (non-hydrogen) atoms. The third kappa shape index (κ3) is 3.28. The van der Waals surface area contributed by atoms with E-state index in [4.69, 9.17) is 19.6 Å². The molecule has 3 aromatic rings. The Kier molecular flexibility index (Phi) is 4.31. The normalized spacial score (nSPS) is 11.9. The van der Waals surface area contributed by atoms with Crippen LogP contribution in [-0.2, 0) is 4.79 Å². The van der Waals surface area contributed by atoms with E-state index >= 15 is 0 Å². The van der Waals surface area contributed by atoms with Crippen LogP contribution in [0, 0.1) is 0 Å². The van der Waals surface area contributed by atoms with Gasteiger partial charge in [0, 0.05) is 6.07 Å². The van der Waals surface area contributed by atoms with Crippen molar-refractivity contribution in [2.75, 3.05) is 0 Å². The zero-order valence-corrected chi connectivity index (χ0v) is 12.9. The second-order valence-corrected chi connectivity index (χ2v) is 5.21. The summed E-state index contributed by atoms with van der Waals surface area (Å²) in [7, 11) is 0. The summed E-state index contributed by atoms with van der Waals surface area (Å²) in [5.74, 6) is 0.297. The lowest BCUT2D eigenvalue weighted by Crippen LogP contribution is -2.30. The topological polar surface area (TPSA) is 91.8 Å². The van der Waals surface area contributed by atoms with Crippen LogP contribution in [0.5, 0.6) is 17.2 Å². The summed E-state index contributed by atoms with van der Waals surface area (Å²) in [6.45, 7) is 1.52. The molecule has 0 saturated heterocycles. The van der Waals surface area contributed by atoms with Crippen molar-refractivity contribution in [1.82, 2.24) is 0 Å². The highest BCUT2D eigenvalue weighted by Gasteiger charge is 2.13. The summed E-state index contributed by atoms with van der Waals surface area (Å²) in [6.07, 6.45) is 1.23. The predicted molar refractivity (Wildman–Crippen MR) is 88.3 cm³/mol. The van der Waals surface area contributed by atoms with Crippen LogP contribution in [0.4, 0.5) is 0 Å². The van der Waals surface area contributed by atoms with Gasteiger partial charge < -0.3 is 19.6 Å². The number of hydrogen-bond donors (Lipinski definition) is 1. The standard InChI is InChI=1S/C18H15NO5/c1-11(19)18(21)24-13-7-8-14-15(9-13)22-10-16(17(14)20)23-12-5-3-2-4-6-12/h2-11H,19H2,1H3. The molecule has 6 heteroatoms. The first kappa shape index (κ1) is 15.8. The number of carbonyl (C=O) groups excluding carboxylic acids is 1. The molecule has 122 valence electrons. The van der Waals surface area contributed by atoms with Crippen LogP contribution in [0.1, 0.15) is 6.92 Å². The van der Waals surface area contributed by atoms with E-state index in [9.17, 15) is 9.59 Å². The molecule has 0 amide bonds. The van der Waals surface area contributed by atoms with Gasteiger partial charge in [0.1, 0.15) is 29.4 Å². The molecule has 2 aromatic carbocycles. The molecule has 0 aliphatic rings. The second-order valence-electron chi connectivity index (χ2n) is 5.21. The largest absolute Gasteiger partial charge is 0.460 e. The third-order valence-corrected chi connectivity index (χ3v) is 3.28. The summed E-state index contributed by atoms with van der Waals surface area (Å²) in [5.41, 5.74) is 5.42. The number of benzene rings is 2. The molecule has 1 unspecified atom stereocenters. The molecule has 0 saturated carbocycles. The Morgan fingerprint density at radius 2 is 1.88 bits per heavy atom. The van der Waals surface area contributed by atoms with Gasteiger partial charge in [0.2, 0.25) is 11.2 Å². The number of nitrogens with two attached hydrogens (primary N) is 1. The van der Waals surface area contributed by atoms with Crippen LogP contribution in [0.25, 0.3) is 11.0 Å². The molecular formula is C18H15NO5. The number of esters is 1. The molecule has 1 aromatic heterocycles. The van der Waals surface area contributed by atoms with E-state index in [0.29, 0.717) is 11.1 Å². The molecule has 2 N–H and O–H groups in total. The molecule has 1 heterocycles. The third-order valence-electron chi connectivity index (χ3n) is 3.28. The Morgan fingerprint density at radius 1 is 1.12 bits per heavy atom. The lowest BCUT2D eigenvalue weighted by Gasteiger charge is -2.08. The summed E-state index contributed by atoms with van der Waals surface area (Å²) in [4.78, 5) is 24.0. The number of ether oxygens (including phenoxy) is 2. The van der Waals surface area contributed by atoms with E-state index in [-0.39, 0.29) is 22.5 Å². The Labute approximate surface area is 137 Å². The fourth-order valence-corrected chi connectivity index (χ4v) is 2.05. The van der Waals surface area contributed by atoms with Gasteiger partial charge in [-0.05, 0) is 31.2 Å². The maximum absolute atomic E-state index is 12.5. The van der Waals surface area contributed by atoms with Gasteiger partial charge in [-0.3, -0.25) is 4.79 Å². The molecule has 0 fully saturated rings. The molecule has 0 radical (unpaired) electrons. The minimum atomic E-state index is -0.741. The van der Waals surface area contributed by atoms with Gasteiger partial charge in [-0.1, -0.05) is 18.2 Å². The van der Waals surface area contributed by atoms with Crippen molar-refractivity contribution in [1.29, 1.82) is 0 Å². The van der Waals surface area contributed by atoms with Crippen molar-refractivity contribution in [3.8, 4) is 17.2 Å². The minimum absolute atomic E-state index is 0.0778. The van der Waals surface area contributed by atoms with E-state index in [1.165, 1.54) is 31.4 Å². The van der Waals surface area contributed by atoms with Crippen LogP contribution in [-0.4, -0.2) is 12.0 Å². The van der Waals surface area contributed by atoms with Crippen LogP contribution >= 0.6 is 0 Å². The van der Waals surface area contributed by atoms with Crippen molar-refractivity contribution < 1.29 is 18.7 Å². The maximum atomic E-state index is 12.5. The first-order valence-electron chi connectivity index (χ1n) is 7.30. The number of hydrogen-bond acceptors (Lipinski definition) is 6. The van der Waals surface area contributed by atoms with Gasteiger partial charge in [-0.25, -0.2) is 4.79 Å². The zero-order valence-electron chi connectivity index (χ0n) is 12.9. The fraction of sp³-hybridized carbons (Fsp3) is 0.111. The Balaban J connectivity index is 1.92. The van der Waals surface area contributed by atoms with Crippen LogP contribution in [0.15, 0.2) is 64.0 Å². The Morgan fingerprint density at radius 3 is 2.58 bits per heavy atom. The molecule has 0 aliphatic carbocycles. The van der Waals surface area contributed by atoms with Gasteiger partial charge in [0.05, 0.1) is 5.39 Å². The summed E-state index contributed by atoms with van der Waals surface area (Å²) in [6, 6.07) is 12.7.